The van der Waals surface area contributed by atoms with Gasteiger partial charge in [0.25, 0.3) is 0 Å². The molecule has 2 aliphatic rings. The molecule has 0 bridgehead atoms. The van der Waals surface area contributed by atoms with Crippen LogP contribution in [0.5, 0.6) is 0 Å². The molecule has 94 valence electrons. The molecule has 0 spiro atoms. The van der Waals surface area contributed by atoms with Crippen LogP contribution in [0.3, 0.4) is 0 Å². The molecule has 2 saturated heterocycles. The van der Waals surface area contributed by atoms with Gasteiger partial charge in [-0.15, -0.1) is 0 Å². The van der Waals surface area contributed by atoms with Crippen LogP contribution in [-0.2, 0) is 4.74 Å². The monoisotopic (exact) mass is 228 g/mol. The molecule has 1 N–H and O–H groups in total. The van der Waals surface area contributed by atoms with Crippen LogP contribution in [0, 0.1) is 5.92 Å². The topological polar surface area (TPSA) is 35.9 Å². The molecule has 2 aliphatic heterocycles. The van der Waals surface area contributed by atoms with Gasteiger partial charge in [-0.3, -0.25) is 9.80 Å². The lowest BCUT2D eigenvalue weighted by atomic mass is 9.92. The molecule has 0 amide bonds. The molecular weight excluding hydrogens is 204 g/mol. The van der Waals surface area contributed by atoms with Gasteiger partial charge >= 0.3 is 0 Å². The Morgan fingerprint density at radius 1 is 1.44 bits per heavy atom. The molecule has 0 aromatic heterocycles. The molecule has 2 fully saturated rings. The Kier molecular flexibility index (Phi) is 3.54. The number of aliphatic hydroxyl groups is 1. The summed E-state index contributed by atoms with van der Waals surface area (Å²) in [6.45, 7) is 9.59. The lowest BCUT2D eigenvalue weighted by Gasteiger charge is -2.50. The van der Waals surface area contributed by atoms with Gasteiger partial charge in [0, 0.05) is 26.2 Å². The molecule has 4 nitrogen and oxygen atoms in total. The minimum atomic E-state index is -0.487. The third-order valence-corrected chi connectivity index (χ3v) is 3.45. The summed E-state index contributed by atoms with van der Waals surface area (Å²) in [7, 11) is 2.08. The molecule has 4 heteroatoms. The van der Waals surface area contributed by atoms with Crippen molar-refractivity contribution >= 4 is 0 Å². The van der Waals surface area contributed by atoms with Crippen LogP contribution in [0.2, 0.25) is 0 Å². The van der Waals surface area contributed by atoms with E-state index in [1.54, 1.807) is 0 Å². The molecule has 0 atom stereocenters. The van der Waals surface area contributed by atoms with Crippen LogP contribution >= 0.6 is 0 Å². The zero-order chi connectivity index (χ0) is 11.8. The molecular formula is C12H24N2O2. The van der Waals surface area contributed by atoms with Crippen molar-refractivity contribution in [1.82, 2.24) is 9.80 Å². The van der Waals surface area contributed by atoms with Crippen molar-refractivity contribution in [2.45, 2.75) is 25.5 Å². The maximum absolute atomic E-state index is 10.3. The maximum Gasteiger partial charge on any atom is 0.103 e. The van der Waals surface area contributed by atoms with Crippen molar-refractivity contribution in [3.8, 4) is 0 Å². The van der Waals surface area contributed by atoms with E-state index in [0.717, 1.165) is 39.4 Å². The van der Waals surface area contributed by atoms with Crippen LogP contribution < -0.4 is 0 Å². The quantitative estimate of drug-likeness (QED) is 0.719. The van der Waals surface area contributed by atoms with E-state index in [0.29, 0.717) is 12.0 Å². The highest BCUT2D eigenvalue weighted by Crippen LogP contribution is 2.24. The fourth-order valence-electron chi connectivity index (χ4n) is 2.60. The predicted molar refractivity (Wildman–Crippen MR) is 63.5 cm³/mol. The van der Waals surface area contributed by atoms with Gasteiger partial charge < -0.3 is 9.84 Å². The number of hydrogen-bond donors (Lipinski definition) is 1. The largest absolute Gasteiger partial charge is 0.386 e. The summed E-state index contributed by atoms with van der Waals surface area (Å²) in [5.41, 5.74) is -0.487. The Labute approximate surface area is 98.2 Å². The van der Waals surface area contributed by atoms with E-state index in [1.165, 1.54) is 0 Å². The van der Waals surface area contributed by atoms with Crippen LogP contribution in [0.1, 0.15) is 13.8 Å². The predicted octanol–water partition coefficient (Wildman–Crippen LogP) is 0.0197. The SMILES string of the molecule is CC(C)CN1CC(O)(CN(C)C2COC2)C1. The maximum atomic E-state index is 10.3. The van der Waals surface area contributed by atoms with E-state index in [4.69, 9.17) is 4.74 Å². The minimum Gasteiger partial charge on any atom is -0.386 e. The summed E-state index contributed by atoms with van der Waals surface area (Å²) in [6.07, 6.45) is 0. The van der Waals surface area contributed by atoms with Crippen LogP contribution in [0.25, 0.3) is 0 Å². The Morgan fingerprint density at radius 2 is 2.06 bits per heavy atom. The van der Waals surface area contributed by atoms with Crippen LogP contribution in [0.15, 0.2) is 0 Å². The third kappa shape index (κ3) is 2.74. The smallest absolute Gasteiger partial charge is 0.103 e. The van der Waals surface area contributed by atoms with Gasteiger partial charge in [-0.2, -0.15) is 0 Å². The molecule has 0 saturated carbocycles. The lowest BCUT2D eigenvalue weighted by Crippen LogP contribution is -2.67. The van der Waals surface area contributed by atoms with Gasteiger partial charge in [-0.05, 0) is 13.0 Å². The molecule has 2 rings (SSSR count). The average Bonchev–Trinajstić information content (AvgIpc) is 1.95. The first-order valence-electron chi connectivity index (χ1n) is 6.21. The van der Waals surface area contributed by atoms with E-state index in [2.05, 4.69) is 30.7 Å². The molecule has 0 radical (unpaired) electrons. The highest BCUT2D eigenvalue weighted by Gasteiger charge is 2.43. The van der Waals surface area contributed by atoms with Gasteiger partial charge in [0.2, 0.25) is 0 Å². The van der Waals surface area contributed by atoms with E-state index in [9.17, 15) is 5.11 Å². The zero-order valence-electron chi connectivity index (χ0n) is 10.6. The molecule has 0 aromatic carbocycles. The summed E-state index contributed by atoms with van der Waals surface area (Å²) >= 11 is 0. The van der Waals surface area contributed by atoms with Crippen molar-refractivity contribution in [3.63, 3.8) is 0 Å². The second kappa shape index (κ2) is 4.61. The molecule has 16 heavy (non-hydrogen) atoms. The normalized spacial score (nSPS) is 25.9. The summed E-state index contributed by atoms with van der Waals surface area (Å²) in [5.74, 6) is 0.683. The second-order valence-electron chi connectivity index (χ2n) is 5.89. The number of hydrogen-bond acceptors (Lipinski definition) is 4. The van der Waals surface area contributed by atoms with E-state index in [1.807, 2.05) is 0 Å². The number of rotatable bonds is 5. The summed E-state index contributed by atoms with van der Waals surface area (Å²) in [4.78, 5) is 4.56. The van der Waals surface area contributed by atoms with Crippen molar-refractivity contribution < 1.29 is 9.84 Å². The second-order valence-corrected chi connectivity index (χ2v) is 5.89. The third-order valence-electron chi connectivity index (χ3n) is 3.45. The van der Waals surface area contributed by atoms with Gasteiger partial charge in [0.05, 0.1) is 19.3 Å². The standard InChI is InChI=1S/C12H24N2O2/c1-10(2)4-14-8-12(15,9-14)7-13(3)11-5-16-6-11/h10-11,15H,4-9H2,1-3H3. The summed E-state index contributed by atoms with van der Waals surface area (Å²) in [5, 5.41) is 10.3. The molecule has 0 unspecified atom stereocenters. The first kappa shape index (κ1) is 12.3. The summed E-state index contributed by atoms with van der Waals surface area (Å²) < 4.78 is 5.16. The fourth-order valence-corrected chi connectivity index (χ4v) is 2.60. The lowest BCUT2D eigenvalue weighted by molar-refractivity contribution is -0.137. The van der Waals surface area contributed by atoms with Gasteiger partial charge in [-0.1, -0.05) is 13.8 Å². The summed E-state index contributed by atoms with van der Waals surface area (Å²) in [6, 6.07) is 0.517. The highest BCUT2D eigenvalue weighted by atomic mass is 16.5. The van der Waals surface area contributed by atoms with Gasteiger partial charge in [0.1, 0.15) is 5.60 Å². The van der Waals surface area contributed by atoms with Crippen molar-refractivity contribution in [2.24, 2.45) is 5.92 Å². The average molecular weight is 228 g/mol. The number of nitrogens with zero attached hydrogens (tertiary/aromatic N) is 2. The Hall–Kier alpha value is -0.160. The number of ether oxygens (including phenoxy) is 1. The van der Waals surface area contributed by atoms with Crippen molar-refractivity contribution in [1.29, 1.82) is 0 Å². The van der Waals surface area contributed by atoms with E-state index >= 15 is 0 Å². The minimum absolute atomic E-state index is 0.487. The fraction of sp³-hybridized carbons (Fsp3) is 1.00. The number of β-amino-alcohol motifs (C(OH)–C–C–N with tert-alkyl or cyclic N) is 1. The number of likely N-dealkylation sites (N-methyl/N-ethyl adjacent to an activating group) is 1. The molecule has 0 aliphatic carbocycles. The Morgan fingerprint density at radius 3 is 2.50 bits per heavy atom. The Balaban J connectivity index is 1.70. The van der Waals surface area contributed by atoms with Crippen molar-refractivity contribution in [3.05, 3.63) is 0 Å². The van der Waals surface area contributed by atoms with Gasteiger partial charge in [-0.25, -0.2) is 0 Å². The molecule has 2 heterocycles. The van der Waals surface area contributed by atoms with Crippen molar-refractivity contribution in [2.75, 3.05) is 46.4 Å². The van der Waals surface area contributed by atoms with Crippen LogP contribution in [0.4, 0.5) is 0 Å². The van der Waals surface area contributed by atoms with Crippen LogP contribution in [-0.4, -0.2) is 73.0 Å². The highest BCUT2D eigenvalue weighted by molar-refractivity contribution is 4.98. The Bertz CT molecular complexity index is 235. The van der Waals surface area contributed by atoms with E-state index in [-0.39, 0.29) is 0 Å². The first-order valence-corrected chi connectivity index (χ1v) is 6.21. The number of likely N-dealkylation sites (tertiary alicyclic amines) is 1. The first-order chi connectivity index (χ1) is 7.48. The van der Waals surface area contributed by atoms with E-state index < -0.39 is 5.60 Å². The zero-order valence-corrected chi connectivity index (χ0v) is 10.6. The van der Waals surface area contributed by atoms with Gasteiger partial charge in [0.15, 0.2) is 0 Å². The molecule has 0 aromatic rings.